The number of hydrogen-bond donors (Lipinski definition) is 1. The van der Waals surface area contributed by atoms with Crippen molar-refractivity contribution in [3.63, 3.8) is 0 Å². The van der Waals surface area contributed by atoms with Crippen LogP contribution < -0.4 is 17.0 Å². The molecule has 1 saturated heterocycles. The van der Waals surface area contributed by atoms with Gasteiger partial charge in [0.15, 0.2) is 6.61 Å². The summed E-state index contributed by atoms with van der Waals surface area (Å²) in [5, 5.41) is 0. The fourth-order valence-corrected chi connectivity index (χ4v) is 3.11. The number of anilines is 1. The Bertz CT molecular complexity index is 885. The molecule has 10 nitrogen and oxygen atoms in total. The second-order valence-corrected chi connectivity index (χ2v) is 6.77. The van der Waals surface area contributed by atoms with Gasteiger partial charge in [-0.1, -0.05) is 13.3 Å². The van der Waals surface area contributed by atoms with Crippen LogP contribution in [-0.2, 0) is 27.9 Å². The molecule has 1 aromatic rings. The molecular weight excluding hydrogens is 368 g/mol. The second kappa shape index (κ2) is 9.34. The maximum absolute atomic E-state index is 12.5. The van der Waals surface area contributed by atoms with Gasteiger partial charge in [-0.3, -0.25) is 28.3 Å². The summed E-state index contributed by atoms with van der Waals surface area (Å²) in [6.07, 6.45) is 3.49. The summed E-state index contributed by atoms with van der Waals surface area (Å²) < 4.78 is 6.90. The van der Waals surface area contributed by atoms with Crippen molar-refractivity contribution in [3.8, 4) is 0 Å². The number of carbonyl (C=O) groups excluding carboxylic acids is 3. The zero-order valence-electron chi connectivity index (χ0n) is 16.2. The molecule has 10 heteroatoms. The number of nitrogens with zero attached hydrogens (tertiary/aromatic N) is 3. The van der Waals surface area contributed by atoms with Gasteiger partial charge in [-0.25, -0.2) is 4.79 Å². The van der Waals surface area contributed by atoms with Gasteiger partial charge in [0.1, 0.15) is 17.9 Å². The molecule has 1 aliphatic rings. The normalized spacial score (nSPS) is 14.6. The first-order chi connectivity index (χ1) is 13.3. The van der Waals surface area contributed by atoms with Crippen LogP contribution in [0.4, 0.5) is 5.82 Å². The summed E-state index contributed by atoms with van der Waals surface area (Å²) in [6, 6.07) is 0. The van der Waals surface area contributed by atoms with Crippen LogP contribution in [-0.4, -0.2) is 51.4 Å². The summed E-state index contributed by atoms with van der Waals surface area (Å²) in [7, 11) is 1.25. The lowest BCUT2D eigenvalue weighted by atomic mass is 10.2. The van der Waals surface area contributed by atoms with Crippen LogP contribution in [0, 0.1) is 0 Å². The molecule has 0 atom stereocenters. The predicted octanol–water partition coefficient (Wildman–Crippen LogP) is -0.332. The Hall–Kier alpha value is -2.91. The smallest absolute Gasteiger partial charge is 0.332 e. The Balaban J connectivity index is 2.10. The molecule has 2 rings (SSSR count). The molecule has 2 heterocycles. The summed E-state index contributed by atoms with van der Waals surface area (Å²) in [5.41, 5.74) is 4.04. The van der Waals surface area contributed by atoms with Gasteiger partial charge in [-0.2, -0.15) is 0 Å². The van der Waals surface area contributed by atoms with E-state index in [0.29, 0.717) is 19.4 Å². The van der Waals surface area contributed by atoms with E-state index in [1.807, 2.05) is 6.92 Å². The third kappa shape index (κ3) is 4.68. The average molecular weight is 394 g/mol. The average Bonchev–Trinajstić information content (AvgIpc) is 2.86. The lowest BCUT2D eigenvalue weighted by Crippen LogP contribution is -2.43. The highest BCUT2D eigenvalue weighted by Crippen LogP contribution is 2.11. The van der Waals surface area contributed by atoms with Gasteiger partial charge < -0.3 is 15.4 Å². The van der Waals surface area contributed by atoms with Crippen LogP contribution in [0.25, 0.3) is 0 Å². The molecule has 0 spiro atoms. The van der Waals surface area contributed by atoms with Gasteiger partial charge in [0.25, 0.3) is 5.56 Å². The van der Waals surface area contributed by atoms with Crippen molar-refractivity contribution >= 4 is 23.5 Å². The Morgan fingerprint density at radius 1 is 1.14 bits per heavy atom. The minimum Gasteiger partial charge on any atom is -0.456 e. The van der Waals surface area contributed by atoms with Crippen LogP contribution in [0.1, 0.15) is 49.4 Å². The molecule has 28 heavy (non-hydrogen) atoms. The molecule has 0 unspecified atom stereocenters. The monoisotopic (exact) mass is 394 g/mol. The number of Topliss-reactive ketones (excluding diaryl/α,β-unsaturated/α-hetero) is 1. The summed E-state index contributed by atoms with van der Waals surface area (Å²) in [5.74, 6) is -1.89. The van der Waals surface area contributed by atoms with E-state index in [-0.39, 0.29) is 30.4 Å². The largest absolute Gasteiger partial charge is 0.456 e. The van der Waals surface area contributed by atoms with Crippen molar-refractivity contribution in [2.24, 2.45) is 7.05 Å². The highest BCUT2D eigenvalue weighted by molar-refractivity contribution is 6.01. The van der Waals surface area contributed by atoms with Crippen molar-refractivity contribution < 1.29 is 19.1 Å². The first-order valence-electron chi connectivity index (χ1n) is 9.33. The fourth-order valence-electron chi connectivity index (χ4n) is 3.11. The van der Waals surface area contributed by atoms with E-state index in [0.717, 1.165) is 28.4 Å². The molecule has 0 bridgehead atoms. The van der Waals surface area contributed by atoms with Crippen LogP contribution in [0.5, 0.6) is 0 Å². The summed E-state index contributed by atoms with van der Waals surface area (Å²) in [6.45, 7) is 1.61. The van der Waals surface area contributed by atoms with Crippen molar-refractivity contribution in [1.29, 1.82) is 0 Å². The summed E-state index contributed by atoms with van der Waals surface area (Å²) >= 11 is 0. The highest BCUT2D eigenvalue weighted by atomic mass is 16.5. The van der Waals surface area contributed by atoms with Crippen LogP contribution in [0.15, 0.2) is 9.59 Å². The number of amides is 1. The number of hydrogen-bond acceptors (Lipinski definition) is 7. The quantitative estimate of drug-likeness (QED) is 0.494. The predicted molar refractivity (Wildman–Crippen MR) is 101 cm³/mol. The van der Waals surface area contributed by atoms with E-state index in [1.165, 1.54) is 11.9 Å². The van der Waals surface area contributed by atoms with E-state index in [2.05, 4.69) is 0 Å². The molecule has 2 N–H and O–H groups in total. The van der Waals surface area contributed by atoms with Gasteiger partial charge in [0, 0.05) is 26.6 Å². The third-order valence-corrected chi connectivity index (χ3v) is 4.66. The molecule has 1 amide bonds. The number of nitrogen functional groups attached to an aromatic ring is 1. The van der Waals surface area contributed by atoms with Gasteiger partial charge >= 0.3 is 11.7 Å². The molecule has 1 aromatic heterocycles. The molecule has 154 valence electrons. The maximum atomic E-state index is 12.5. The minimum atomic E-state index is -0.835. The number of likely N-dealkylation sites (tertiary alicyclic amines) is 1. The highest BCUT2D eigenvalue weighted by Gasteiger charge is 2.24. The molecule has 1 aliphatic heterocycles. The Morgan fingerprint density at radius 2 is 1.86 bits per heavy atom. The standard InChI is InChI=1S/C18H26N4O6/c1-3-8-22-16(19)15(17(26)20(2)18(22)27)12(23)11-28-14(25)10-21-9-6-4-5-7-13(21)24/h3-11,19H2,1-2H3. The van der Waals surface area contributed by atoms with Gasteiger partial charge in [0.2, 0.25) is 11.7 Å². The van der Waals surface area contributed by atoms with E-state index >= 15 is 0 Å². The molecule has 0 aromatic carbocycles. The number of esters is 1. The SMILES string of the molecule is CCCn1c(N)c(C(=O)COC(=O)CN2CCCCCC2=O)c(=O)n(C)c1=O. The third-order valence-electron chi connectivity index (χ3n) is 4.66. The zero-order valence-corrected chi connectivity index (χ0v) is 16.2. The number of ether oxygens (including phenoxy) is 1. The first-order valence-corrected chi connectivity index (χ1v) is 9.33. The number of rotatable bonds is 7. The number of carbonyl (C=O) groups is 3. The van der Waals surface area contributed by atoms with E-state index in [9.17, 15) is 24.0 Å². The van der Waals surface area contributed by atoms with Gasteiger partial charge in [-0.15, -0.1) is 0 Å². The Labute approximate surface area is 161 Å². The van der Waals surface area contributed by atoms with Crippen molar-refractivity contribution in [1.82, 2.24) is 14.0 Å². The van der Waals surface area contributed by atoms with E-state index in [4.69, 9.17) is 10.5 Å². The molecule has 1 fully saturated rings. The van der Waals surface area contributed by atoms with Crippen LogP contribution >= 0.6 is 0 Å². The Kier molecular flexibility index (Phi) is 7.13. The fraction of sp³-hybridized carbons (Fsp3) is 0.611. The van der Waals surface area contributed by atoms with Gasteiger partial charge in [0.05, 0.1) is 0 Å². The molecule has 0 radical (unpaired) electrons. The number of aromatic nitrogens is 2. The molecular formula is C18H26N4O6. The minimum absolute atomic E-state index is 0.120. The van der Waals surface area contributed by atoms with Crippen molar-refractivity contribution in [2.75, 3.05) is 25.4 Å². The summed E-state index contributed by atoms with van der Waals surface area (Å²) in [4.78, 5) is 62.3. The molecule has 0 aliphatic carbocycles. The first kappa shape index (κ1) is 21.4. The lowest BCUT2D eigenvalue weighted by Gasteiger charge is -2.19. The number of nitrogens with two attached hydrogens (primary N) is 1. The Morgan fingerprint density at radius 3 is 2.54 bits per heavy atom. The van der Waals surface area contributed by atoms with E-state index in [1.54, 1.807) is 0 Å². The van der Waals surface area contributed by atoms with Gasteiger partial charge in [-0.05, 0) is 19.3 Å². The van der Waals surface area contributed by atoms with Crippen molar-refractivity contribution in [2.45, 2.75) is 45.6 Å². The molecule has 0 saturated carbocycles. The maximum Gasteiger partial charge on any atom is 0.332 e. The lowest BCUT2D eigenvalue weighted by molar-refractivity contribution is -0.148. The number of ketones is 1. The second-order valence-electron chi connectivity index (χ2n) is 6.77. The van der Waals surface area contributed by atoms with Crippen LogP contribution in [0.2, 0.25) is 0 Å². The van der Waals surface area contributed by atoms with E-state index < -0.39 is 29.6 Å². The van der Waals surface area contributed by atoms with Crippen molar-refractivity contribution in [3.05, 3.63) is 26.4 Å². The topological polar surface area (TPSA) is 134 Å². The zero-order chi connectivity index (χ0) is 20.8. The van der Waals surface area contributed by atoms with Crippen LogP contribution in [0.3, 0.4) is 0 Å².